The minimum absolute atomic E-state index is 0.235. The summed E-state index contributed by atoms with van der Waals surface area (Å²) in [6.45, 7) is 5.83. The maximum absolute atomic E-state index is 11.8. The first-order valence-electron chi connectivity index (χ1n) is 3.74. The van der Waals surface area contributed by atoms with Gasteiger partial charge in [0, 0.05) is 19.8 Å². The molecule has 0 aromatic carbocycles. The fraction of sp³-hybridized carbons (Fsp3) is 1.00. The van der Waals surface area contributed by atoms with Crippen LogP contribution in [0.5, 0.6) is 0 Å². The third-order valence-corrected chi connectivity index (χ3v) is 4.06. The predicted octanol–water partition coefficient (Wildman–Crippen LogP) is 2.12. The molecule has 0 aliphatic rings. The lowest BCUT2D eigenvalue weighted by atomic mass is 10.1. The molecule has 0 aromatic heterocycles. The molecule has 12 heavy (non-hydrogen) atoms. The van der Waals surface area contributed by atoms with E-state index in [2.05, 4.69) is 0 Å². The van der Waals surface area contributed by atoms with E-state index in [-0.39, 0.29) is 5.54 Å². The molecule has 0 atom stereocenters. The Morgan fingerprint density at radius 2 is 1.50 bits per heavy atom. The first-order valence-corrected chi connectivity index (χ1v) is 5.23. The minimum atomic E-state index is -3.06. The van der Waals surface area contributed by atoms with Crippen LogP contribution in [0.25, 0.3) is 0 Å². The molecule has 0 saturated heterocycles. The van der Waals surface area contributed by atoms with Crippen LogP contribution in [-0.2, 0) is 13.6 Å². The number of nitrogens with zero attached hydrogens (tertiary/aromatic N) is 1. The van der Waals surface area contributed by atoms with Gasteiger partial charge in [0.2, 0.25) is 0 Å². The summed E-state index contributed by atoms with van der Waals surface area (Å²) in [6, 6.07) is 0. The number of hydrogen-bond donors (Lipinski definition) is 0. The Bertz CT molecular complexity index is 180. The predicted molar refractivity (Wildman–Crippen MR) is 49.1 cm³/mol. The fourth-order valence-corrected chi connectivity index (χ4v) is 2.06. The lowest BCUT2D eigenvalue weighted by Crippen LogP contribution is -2.36. The second-order valence-corrected chi connectivity index (χ2v) is 5.80. The van der Waals surface area contributed by atoms with Crippen molar-refractivity contribution < 1.29 is 13.6 Å². The Hall–Kier alpha value is 0.110. The van der Waals surface area contributed by atoms with Crippen LogP contribution in [0, 0.1) is 0 Å². The van der Waals surface area contributed by atoms with Gasteiger partial charge in [-0.1, -0.05) is 0 Å². The highest BCUT2D eigenvalue weighted by molar-refractivity contribution is 7.51. The van der Waals surface area contributed by atoms with Crippen molar-refractivity contribution in [1.82, 2.24) is 4.67 Å². The molecule has 0 bridgehead atoms. The Labute approximate surface area is 74.4 Å². The summed E-state index contributed by atoms with van der Waals surface area (Å²) in [7, 11) is 1.42. The average Bonchev–Trinajstić information content (AvgIpc) is 2.00. The third-order valence-electron chi connectivity index (χ3n) is 1.80. The van der Waals surface area contributed by atoms with E-state index in [1.54, 1.807) is 11.7 Å². The van der Waals surface area contributed by atoms with Gasteiger partial charge in [-0.3, -0.25) is 9.05 Å². The molecule has 0 saturated carbocycles. The van der Waals surface area contributed by atoms with Crippen LogP contribution in [0.1, 0.15) is 20.8 Å². The molecule has 5 heteroatoms. The minimum Gasteiger partial charge on any atom is -0.300 e. The van der Waals surface area contributed by atoms with Gasteiger partial charge in [-0.05, 0) is 27.8 Å². The highest BCUT2D eigenvalue weighted by Gasteiger charge is 2.35. The fourth-order valence-electron chi connectivity index (χ4n) is 0.687. The molecular formula is C7H18NO3P. The zero-order valence-electron chi connectivity index (χ0n) is 8.62. The van der Waals surface area contributed by atoms with Gasteiger partial charge in [0.15, 0.2) is 0 Å². The second-order valence-electron chi connectivity index (χ2n) is 3.53. The molecule has 0 spiro atoms. The molecule has 0 aliphatic heterocycles. The summed E-state index contributed by atoms with van der Waals surface area (Å²) >= 11 is 0. The largest absolute Gasteiger partial charge is 0.407 e. The molecule has 0 aromatic rings. The van der Waals surface area contributed by atoms with E-state index in [0.717, 1.165) is 0 Å². The molecule has 0 fully saturated rings. The van der Waals surface area contributed by atoms with Gasteiger partial charge >= 0.3 is 7.75 Å². The Morgan fingerprint density at radius 1 is 1.17 bits per heavy atom. The van der Waals surface area contributed by atoms with Gasteiger partial charge in [-0.2, -0.15) is 0 Å². The molecule has 0 rings (SSSR count). The van der Waals surface area contributed by atoms with Gasteiger partial charge < -0.3 is 0 Å². The van der Waals surface area contributed by atoms with Gasteiger partial charge in [-0.25, -0.2) is 9.24 Å². The molecule has 0 aliphatic carbocycles. The lowest BCUT2D eigenvalue weighted by molar-refractivity contribution is 0.171. The summed E-state index contributed by atoms with van der Waals surface area (Å²) in [6.07, 6.45) is 0. The van der Waals surface area contributed by atoms with Crippen LogP contribution in [0.3, 0.4) is 0 Å². The van der Waals surface area contributed by atoms with Crippen molar-refractivity contribution in [3.8, 4) is 0 Å². The van der Waals surface area contributed by atoms with Crippen molar-refractivity contribution in [3.63, 3.8) is 0 Å². The second kappa shape index (κ2) is 3.88. The van der Waals surface area contributed by atoms with E-state index >= 15 is 0 Å². The van der Waals surface area contributed by atoms with Crippen LogP contribution in [-0.4, -0.2) is 31.5 Å². The number of rotatable bonds is 3. The van der Waals surface area contributed by atoms with Crippen molar-refractivity contribution in [2.24, 2.45) is 0 Å². The summed E-state index contributed by atoms with van der Waals surface area (Å²) in [5.74, 6) is 0. The molecule has 74 valence electrons. The molecule has 0 amide bonds. The van der Waals surface area contributed by atoms with E-state index in [0.29, 0.717) is 0 Å². The Morgan fingerprint density at radius 3 is 1.58 bits per heavy atom. The third kappa shape index (κ3) is 2.56. The van der Waals surface area contributed by atoms with Crippen molar-refractivity contribution in [2.75, 3.05) is 21.3 Å². The first kappa shape index (κ1) is 12.1. The maximum atomic E-state index is 11.8. The summed E-state index contributed by atoms with van der Waals surface area (Å²) in [5, 5.41) is 0. The van der Waals surface area contributed by atoms with Gasteiger partial charge in [0.1, 0.15) is 0 Å². The average molecular weight is 195 g/mol. The smallest absolute Gasteiger partial charge is 0.300 e. The van der Waals surface area contributed by atoms with Gasteiger partial charge in [-0.15, -0.1) is 0 Å². The van der Waals surface area contributed by atoms with Crippen LogP contribution in [0.4, 0.5) is 0 Å². The maximum Gasteiger partial charge on any atom is 0.407 e. The standard InChI is InChI=1S/C7H18NO3P/c1-7(2,3)8(4)12(9,10-5)11-6/h1-6H3. The Balaban J connectivity index is 4.66. The molecule has 0 N–H and O–H groups in total. The van der Waals surface area contributed by atoms with Crippen LogP contribution in [0.15, 0.2) is 0 Å². The normalized spacial score (nSPS) is 13.9. The molecule has 0 radical (unpaired) electrons. The van der Waals surface area contributed by atoms with E-state index < -0.39 is 7.75 Å². The Kier molecular flexibility index (Phi) is 3.91. The van der Waals surface area contributed by atoms with E-state index in [1.165, 1.54) is 14.2 Å². The van der Waals surface area contributed by atoms with Gasteiger partial charge in [0.25, 0.3) is 0 Å². The van der Waals surface area contributed by atoms with Crippen molar-refractivity contribution >= 4 is 7.75 Å². The molecule has 4 nitrogen and oxygen atoms in total. The molecule has 0 unspecified atom stereocenters. The lowest BCUT2D eigenvalue weighted by Gasteiger charge is -2.35. The first-order chi connectivity index (χ1) is 5.28. The van der Waals surface area contributed by atoms with Crippen molar-refractivity contribution in [3.05, 3.63) is 0 Å². The zero-order valence-corrected chi connectivity index (χ0v) is 9.51. The van der Waals surface area contributed by atoms with Crippen LogP contribution < -0.4 is 0 Å². The van der Waals surface area contributed by atoms with Crippen LogP contribution in [0.2, 0.25) is 0 Å². The zero-order chi connectivity index (χ0) is 9.99. The van der Waals surface area contributed by atoms with E-state index in [9.17, 15) is 4.57 Å². The number of hydrogen-bond acceptors (Lipinski definition) is 3. The van der Waals surface area contributed by atoms with E-state index in [1.807, 2.05) is 20.8 Å². The van der Waals surface area contributed by atoms with Crippen molar-refractivity contribution in [2.45, 2.75) is 26.3 Å². The van der Waals surface area contributed by atoms with Crippen molar-refractivity contribution in [1.29, 1.82) is 0 Å². The topological polar surface area (TPSA) is 38.8 Å². The summed E-state index contributed by atoms with van der Waals surface area (Å²) < 4.78 is 23.0. The highest BCUT2D eigenvalue weighted by atomic mass is 31.2. The molecule has 0 heterocycles. The summed E-state index contributed by atoms with van der Waals surface area (Å²) in [5.41, 5.74) is -0.235. The highest BCUT2D eigenvalue weighted by Crippen LogP contribution is 2.52. The quantitative estimate of drug-likeness (QED) is 0.646. The van der Waals surface area contributed by atoms with E-state index in [4.69, 9.17) is 9.05 Å². The van der Waals surface area contributed by atoms with Gasteiger partial charge in [0.05, 0.1) is 0 Å². The monoisotopic (exact) mass is 195 g/mol. The SMILES string of the molecule is COP(=O)(OC)N(C)C(C)(C)C. The van der Waals surface area contributed by atoms with Crippen LogP contribution >= 0.6 is 7.75 Å². The summed E-state index contributed by atoms with van der Waals surface area (Å²) in [4.78, 5) is 0. The molecular weight excluding hydrogens is 177 g/mol.